The third kappa shape index (κ3) is 1520. The van der Waals surface area contributed by atoms with Crippen LogP contribution in [0.25, 0.3) is 0 Å². The maximum atomic E-state index is 2.00. The Bertz CT molecular complexity index is 17.7. The molecule has 0 heterocycles. The van der Waals surface area contributed by atoms with Crippen molar-refractivity contribution >= 4 is 0 Å². The summed E-state index contributed by atoms with van der Waals surface area (Å²) in [5.41, 5.74) is 0. The molecule has 0 aliphatic heterocycles. The van der Waals surface area contributed by atoms with Gasteiger partial charge in [-0.25, -0.2) is 0 Å². The molecule has 7 heteroatoms. The molecule has 0 saturated heterocycles. The summed E-state index contributed by atoms with van der Waals surface area (Å²) in [5, 5.41) is 0. The van der Waals surface area contributed by atoms with Crippen molar-refractivity contribution in [2.24, 2.45) is 0 Å². The van der Waals surface area contributed by atoms with Gasteiger partial charge in [0, 0.05) is 0 Å². The van der Waals surface area contributed by atoms with Gasteiger partial charge in [0.15, 0.2) is 0 Å². The van der Waals surface area contributed by atoms with Gasteiger partial charge >= 0.3 is 0 Å². The van der Waals surface area contributed by atoms with Crippen LogP contribution in [-0.2, 0) is 0 Å². The van der Waals surface area contributed by atoms with Crippen LogP contribution in [0.4, 0.5) is 28.2 Å². The molecule has 10 heavy (non-hydrogen) atoms. The van der Waals surface area contributed by atoms with Gasteiger partial charge in [-0.05, 0) is 21.1 Å². The van der Waals surface area contributed by atoms with E-state index in [2.05, 4.69) is 0 Å². The van der Waals surface area contributed by atoms with Crippen molar-refractivity contribution in [1.29, 1.82) is 0 Å². The van der Waals surface area contributed by atoms with Crippen molar-refractivity contribution in [3.8, 4) is 0 Å². The van der Waals surface area contributed by atoms with E-state index in [4.69, 9.17) is 0 Å². The quantitative estimate of drug-likeness (QED) is 0.503. The molecule has 0 aromatic carbocycles. The Hall–Kier alpha value is -0.460. The summed E-state index contributed by atoms with van der Waals surface area (Å²) in [6.07, 6.45) is 0. The first-order chi connectivity index (χ1) is 1.73. The third-order valence-electron chi connectivity index (χ3n) is 0. The van der Waals surface area contributed by atoms with E-state index < -0.39 is 0 Å². The van der Waals surface area contributed by atoms with E-state index in [0.29, 0.717) is 0 Å². The Morgan fingerprint density at radius 2 is 0.500 bits per heavy atom. The van der Waals surface area contributed by atoms with Crippen LogP contribution in [0.2, 0.25) is 0 Å². The summed E-state index contributed by atoms with van der Waals surface area (Å²) in [5.74, 6) is 0. The van der Waals surface area contributed by atoms with Crippen LogP contribution in [0.1, 0.15) is 0 Å². The van der Waals surface area contributed by atoms with Gasteiger partial charge in [-0.15, -0.1) is 0 Å². The molecular weight excluding hydrogens is 164 g/mol. The van der Waals surface area contributed by atoms with Crippen LogP contribution in [0, 0.1) is 0 Å². The molecule has 0 aliphatic carbocycles. The van der Waals surface area contributed by atoms with E-state index >= 15 is 0 Å². The monoisotopic (exact) mass is 179 g/mol. The fraction of sp³-hybridized carbons (Fsp3) is 1.00. The highest BCUT2D eigenvalue weighted by Crippen LogP contribution is 1.47. The first kappa shape index (κ1) is 108. The van der Waals surface area contributed by atoms with E-state index in [1.165, 1.54) is 0 Å². The minimum absolute atomic E-state index is 0. The van der Waals surface area contributed by atoms with Gasteiger partial charge in [0.2, 0.25) is 0 Å². The maximum Gasteiger partial charge on any atom is -0.0140 e. The van der Waals surface area contributed by atoms with E-state index in [1.807, 2.05) is 26.0 Å². The maximum absolute atomic E-state index is 2.00. The Morgan fingerprint density at radius 1 is 0.500 bits per heavy atom. The van der Waals surface area contributed by atoms with E-state index in [9.17, 15) is 0 Å². The summed E-state index contributed by atoms with van der Waals surface area (Å²) in [7, 11) is 6.00. The number of nitrogens with zero attached hydrogens (tertiary/aromatic N) is 1. The molecule has 1 nitrogen and oxygen atoms in total. The summed E-state index contributed by atoms with van der Waals surface area (Å²) in [6, 6.07) is 0. The predicted octanol–water partition coefficient (Wildman–Crippen LogP) is 1.09. The van der Waals surface area contributed by atoms with Crippen LogP contribution in [-0.4, -0.2) is 26.0 Å². The summed E-state index contributed by atoms with van der Waals surface area (Å²) >= 11 is 0. The second kappa shape index (κ2) is 75.3. The normalized spacial score (nSPS) is 3.60. The number of hydrogen-bond acceptors (Lipinski definition) is 1. The van der Waals surface area contributed by atoms with Gasteiger partial charge < -0.3 is 4.90 Å². The highest BCUT2D eigenvalue weighted by Gasteiger charge is 1.58. The van der Waals surface area contributed by atoms with Gasteiger partial charge in [-0.2, -0.15) is 0 Å². The molecule has 0 radical (unpaired) electrons. The average molecular weight is 179 g/mol. The van der Waals surface area contributed by atoms with Crippen molar-refractivity contribution in [1.82, 2.24) is 4.90 Å². The van der Waals surface area contributed by atoms with E-state index in [0.717, 1.165) is 0 Å². The number of hydrogen-bond donors (Lipinski definition) is 0. The second-order valence-electron chi connectivity index (χ2n) is 1.34. The Labute approximate surface area is 55.6 Å². The molecule has 0 N–H and O–H groups in total. The molecular formula is C3H15F6N. The van der Waals surface area contributed by atoms with Crippen LogP contribution >= 0.6 is 0 Å². The molecule has 0 aliphatic rings. The van der Waals surface area contributed by atoms with Crippen LogP contribution in [0.3, 0.4) is 0 Å². The molecule has 0 atom stereocenters. The van der Waals surface area contributed by atoms with Crippen LogP contribution in [0.5, 0.6) is 0 Å². The second-order valence-corrected chi connectivity index (χ2v) is 1.34. The minimum atomic E-state index is 0. The van der Waals surface area contributed by atoms with Gasteiger partial charge in [-0.1, -0.05) is 0 Å². The van der Waals surface area contributed by atoms with Crippen LogP contribution < -0.4 is 0 Å². The highest BCUT2D eigenvalue weighted by atomic mass is 19.0. The van der Waals surface area contributed by atoms with Crippen molar-refractivity contribution in [3.63, 3.8) is 0 Å². The lowest BCUT2D eigenvalue weighted by atomic mass is 11.0. The Balaban J connectivity index is -0.00000000300. The lowest BCUT2D eigenvalue weighted by Gasteiger charge is -1.90. The first-order valence-corrected chi connectivity index (χ1v) is 1.34. The molecule has 0 spiro atoms. The molecule has 0 rings (SSSR count). The van der Waals surface area contributed by atoms with Crippen molar-refractivity contribution < 1.29 is 28.2 Å². The molecule has 0 saturated carbocycles. The number of halogens is 6. The topological polar surface area (TPSA) is 3.24 Å². The highest BCUT2D eigenvalue weighted by molar-refractivity contribution is 4.09. The van der Waals surface area contributed by atoms with Gasteiger partial charge in [0.25, 0.3) is 0 Å². The van der Waals surface area contributed by atoms with Gasteiger partial charge in [-0.3, -0.25) is 28.2 Å². The zero-order valence-corrected chi connectivity index (χ0v) is 5.90. The molecule has 0 bridgehead atoms. The minimum Gasteiger partial charge on any atom is -0.312 e. The number of rotatable bonds is 0. The summed E-state index contributed by atoms with van der Waals surface area (Å²) < 4.78 is 0. The lowest BCUT2D eigenvalue weighted by Crippen LogP contribution is -1.99. The fourth-order valence-corrected chi connectivity index (χ4v) is 0. The molecule has 0 fully saturated rings. The predicted molar refractivity (Wildman–Crippen MR) is 34.6 cm³/mol. The van der Waals surface area contributed by atoms with Crippen molar-refractivity contribution in [2.75, 3.05) is 21.1 Å². The van der Waals surface area contributed by atoms with Crippen molar-refractivity contribution in [2.45, 2.75) is 0 Å². The van der Waals surface area contributed by atoms with Gasteiger partial charge in [0.1, 0.15) is 0 Å². The van der Waals surface area contributed by atoms with E-state index in [1.54, 1.807) is 0 Å². The summed E-state index contributed by atoms with van der Waals surface area (Å²) in [6.45, 7) is 0. The Kier molecular flexibility index (Phi) is 812. The molecule has 0 unspecified atom stereocenters. The summed E-state index contributed by atoms with van der Waals surface area (Å²) in [4.78, 5) is 2.00. The molecule has 0 aromatic rings. The standard InChI is InChI=1S/C3H9N.6FH/c1-4(2)3;;;;;;/h1-3H3;6*1H. The average Bonchev–Trinajstić information content (AvgIpc) is 0.811. The molecule has 0 amide bonds. The van der Waals surface area contributed by atoms with Gasteiger partial charge in [0.05, 0.1) is 0 Å². The SMILES string of the molecule is CN(C)C.F.F.F.F.F.F. The third-order valence-corrected chi connectivity index (χ3v) is 0. The molecule has 0 aromatic heterocycles. The van der Waals surface area contributed by atoms with Crippen molar-refractivity contribution in [3.05, 3.63) is 0 Å². The lowest BCUT2D eigenvalue weighted by molar-refractivity contribution is 0.505. The fourth-order valence-electron chi connectivity index (χ4n) is 0. The van der Waals surface area contributed by atoms with E-state index in [-0.39, 0.29) is 28.2 Å². The smallest absolute Gasteiger partial charge is 0.0140 e. The van der Waals surface area contributed by atoms with Crippen LogP contribution in [0.15, 0.2) is 0 Å². The zero-order chi connectivity index (χ0) is 3.58. The largest absolute Gasteiger partial charge is 0.312 e. The molecule has 74 valence electrons. The Morgan fingerprint density at radius 3 is 0.500 bits per heavy atom. The zero-order valence-electron chi connectivity index (χ0n) is 5.90. The first-order valence-electron chi connectivity index (χ1n) is 1.34.